The lowest BCUT2D eigenvalue weighted by Gasteiger charge is -2.49. The summed E-state index contributed by atoms with van der Waals surface area (Å²) in [5.74, 6) is -1.89. The molecule has 2 aromatic rings. The van der Waals surface area contributed by atoms with Crippen molar-refractivity contribution in [2.24, 2.45) is 22.9 Å². The minimum Gasteiger partial charge on any atom is -0.390 e. The van der Waals surface area contributed by atoms with Crippen LogP contribution in [-0.2, 0) is 52.4 Å². The molecule has 74 heavy (non-hydrogen) atoms. The SMILES string of the molecule is CC[C@H]1OC(O)[C@H](C)[C@@H](O[C@H]2C[C@@](C)(OC)[C@@H](O)[C@H](C)O2)[C@H](C)[C@@H](O[C@@H]2O[C@H](C)C[C@H](N(C)CCc3cn(C[C@H]4CC(c5ccc(C(F)(F)F)cc5)=NO4)nn3)[C@H]2O)[C@](C)(O)C[C@@H](C)CN(C)[C@H](C)[C@@H](O)[C@]1(C)O. The van der Waals surface area contributed by atoms with Crippen LogP contribution < -0.4 is 0 Å². The number of rotatable bonds is 13. The van der Waals surface area contributed by atoms with Crippen LogP contribution in [0.15, 0.2) is 35.6 Å². The van der Waals surface area contributed by atoms with Gasteiger partial charge in [-0.15, -0.1) is 5.10 Å². The van der Waals surface area contributed by atoms with Crippen LogP contribution in [0.1, 0.15) is 118 Å². The highest BCUT2D eigenvalue weighted by Crippen LogP contribution is 2.41. The Morgan fingerprint density at radius 1 is 0.905 bits per heavy atom. The number of ether oxygens (including phenoxy) is 6. The summed E-state index contributed by atoms with van der Waals surface area (Å²) in [6, 6.07) is 3.77. The zero-order valence-electron chi connectivity index (χ0n) is 45.4. The number of alkyl halides is 3. The van der Waals surface area contributed by atoms with Crippen molar-refractivity contribution in [3.8, 4) is 0 Å². The average molecular weight is 1060 g/mol. The summed E-state index contributed by atoms with van der Waals surface area (Å²) < 4.78 is 79.5. The average Bonchev–Trinajstić information content (AvgIpc) is 4.01. The number of methoxy groups -OCH3 is 1. The smallest absolute Gasteiger partial charge is 0.390 e. The number of hydrogen-bond acceptors (Lipinski definition) is 18. The molecular formula is C52H85F3N6O13. The second-order valence-electron chi connectivity index (χ2n) is 22.6. The molecule has 0 saturated carbocycles. The van der Waals surface area contributed by atoms with Crippen molar-refractivity contribution < 1.29 is 77.1 Å². The fourth-order valence-corrected chi connectivity index (χ4v) is 11.6. The third-order valence-corrected chi connectivity index (χ3v) is 16.2. The number of oxime groups is 1. The molecule has 0 amide bonds. The number of likely N-dealkylation sites (N-methyl/N-ethyl adjacent to an activating group) is 2. The van der Waals surface area contributed by atoms with Crippen LogP contribution in [0.25, 0.3) is 0 Å². The van der Waals surface area contributed by atoms with E-state index in [0.29, 0.717) is 55.9 Å². The van der Waals surface area contributed by atoms with E-state index < -0.39 is 126 Å². The van der Waals surface area contributed by atoms with E-state index in [9.17, 15) is 43.8 Å². The molecule has 20 atom stereocenters. The molecule has 0 bridgehead atoms. The maximum absolute atomic E-state index is 13.1. The molecule has 1 unspecified atom stereocenters. The highest BCUT2D eigenvalue weighted by Gasteiger charge is 2.53. The van der Waals surface area contributed by atoms with Gasteiger partial charge in [-0.05, 0) is 98.5 Å². The monoisotopic (exact) mass is 1060 g/mol. The molecule has 0 aliphatic carbocycles. The van der Waals surface area contributed by atoms with Gasteiger partial charge in [-0.25, -0.2) is 4.68 Å². The highest BCUT2D eigenvalue weighted by atomic mass is 19.4. The van der Waals surface area contributed by atoms with Gasteiger partial charge in [0.2, 0.25) is 0 Å². The molecular weight excluding hydrogens is 974 g/mol. The van der Waals surface area contributed by atoms with Gasteiger partial charge in [0, 0.05) is 69.6 Å². The predicted molar refractivity (Wildman–Crippen MR) is 265 cm³/mol. The van der Waals surface area contributed by atoms with Crippen molar-refractivity contribution in [3.63, 3.8) is 0 Å². The largest absolute Gasteiger partial charge is 0.416 e. The molecule has 6 rings (SSSR count). The van der Waals surface area contributed by atoms with Gasteiger partial charge in [0.1, 0.15) is 23.9 Å². The zero-order chi connectivity index (χ0) is 54.8. The van der Waals surface area contributed by atoms with E-state index in [1.165, 1.54) is 26.2 Å². The lowest BCUT2D eigenvalue weighted by Crippen LogP contribution is -2.61. The lowest BCUT2D eigenvalue weighted by atomic mass is 9.77. The fourth-order valence-electron chi connectivity index (χ4n) is 11.6. The van der Waals surface area contributed by atoms with E-state index >= 15 is 0 Å². The summed E-state index contributed by atoms with van der Waals surface area (Å²) in [4.78, 5) is 9.53. The summed E-state index contributed by atoms with van der Waals surface area (Å²) in [5, 5.41) is 84.6. The number of benzene rings is 1. The van der Waals surface area contributed by atoms with Crippen molar-refractivity contribution in [1.82, 2.24) is 24.8 Å². The van der Waals surface area contributed by atoms with Crippen LogP contribution >= 0.6 is 0 Å². The second kappa shape index (κ2) is 24.4. The number of nitrogens with zero attached hydrogens (tertiary/aromatic N) is 6. The molecule has 19 nitrogen and oxygen atoms in total. The molecule has 422 valence electrons. The molecule has 3 saturated heterocycles. The minimum absolute atomic E-state index is 0.106. The van der Waals surface area contributed by atoms with E-state index in [1.807, 2.05) is 44.7 Å². The van der Waals surface area contributed by atoms with Crippen LogP contribution in [-0.4, -0.2) is 198 Å². The van der Waals surface area contributed by atoms with E-state index in [4.69, 9.17) is 33.3 Å². The van der Waals surface area contributed by atoms with Gasteiger partial charge in [0.25, 0.3) is 0 Å². The van der Waals surface area contributed by atoms with Crippen molar-refractivity contribution in [2.45, 2.75) is 223 Å². The van der Waals surface area contributed by atoms with Crippen molar-refractivity contribution in [1.29, 1.82) is 0 Å². The molecule has 0 radical (unpaired) electrons. The highest BCUT2D eigenvalue weighted by molar-refractivity contribution is 6.01. The molecule has 6 N–H and O–H groups in total. The Balaban J connectivity index is 1.21. The van der Waals surface area contributed by atoms with Crippen molar-refractivity contribution in [2.75, 3.05) is 34.3 Å². The fraction of sp³-hybridized carbons (Fsp3) is 0.827. The number of aromatic nitrogens is 3. The number of aliphatic hydroxyl groups is 6. The van der Waals surface area contributed by atoms with Crippen LogP contribution in [0.2, 0.25) is 0 Å². The molecule has 5 heterocycles. The Kier molecular flexibility index (Phi) is 19.9. The third-order valence-electron chi connectivity index (χ3n) is 16.2. The van der Waals surface area contributed by atoms with E-state index in [2.05, 4.69) is 15.5 Å². The lowest BCUT2D eigenvalue weighted by molar-refractivity contribution is -0.326. The van der Waals surface area contributed by atoms with Crippen molar-refractivity contribution in [3.05, 3.63) is 47.3 Å². The van der Waals surface area contributed by atoms with Crippen molar-refractivity contribution >= 4 is 5.71 Å². The quantitative estimate of drug-likeness (QED) is 0.166. The first-order valence-electron chi connectivity index (χ1n) is 26.2. The summed E-state index contributed by atoms with van der Waals surface area (Å²) in [7, 11) is 5.23. The Hall–Kier alpha value is -2.94. The maximum Gasteiger partial charge on any atom is 0.416 e. The van der Waals surface area contributed by atoms with Gasteiger partial charge >= 0.3 is 6.18 Å². The molecule has 4 aliphatic heterocycles. The number of halogens is 3. The Labute approximate surface area is 434 Å². The molecule has 1 aromatic carbocycles. The van der Waals surface area contributed by atoms with Gasteiger partial charge < -0.3 is 73.7 Å². The summed E-state index contributed by atoms with van der Waals surface area (Å²) in [6.45, 7) is 18.8. The van der Waals surface area contributed by atoms with Crippen LogP contribution in [0, 0.1) is 17.8 Å². The summed E-state index contributed by atoms with van der Waals surface area (Å²) in [5.41, 5.74) is -3.47. The molecule has 0 spiro atoms. The Bertz CT molecular complexity index is 2120. The van der Waals surface area contributed by atoms with Crippen LogP contribution in [0.4, 0.5) is 13.2 Å². The van der Waals surface area contributed by atoms with Crippen LogP contribution in [0.3, 0.4) is 0 Å². The van der Waals surface area contributed by atoms with Gasteiger partial charge in [-0.3, -0.25) is 0 Å². The van der Waals surface area contributed by atoms with Gasteiger partial charge in [-0.1, -0.05) is 50.2 Å². The van der Waals surface area contributed by atoms with E-state index in [-0.39, 0.29) is 25.2 Å². The molecule has 3 fully saturated rings. The second-order valence-corrected chi connectivity index (χ2v) is 22.6. The topological polar surface area (TPSA) is 236 Å². The standard InChI is InChI=1S/C52H85F3N6O13/c1-14-40-51(10,67)44(63)32(6)60(12)25-28(2)23-49(8,66)46(30(4)43(31(5)47(65)71-40)72-41-24-50(9,68-13)45(64)33(7)70-41)73-48-42(62)39(21-29(3)69-48)59(11)20-19-36-26-61(58-56-36)27-37-22-38(57-74-37)34-15-17-35(18-16-34)52(53,54)55/h15-18,26,28-33,37,39-48,62-67H,14,19-25,27H2,1-13H3/t28-,29-,30+,31-,32-,33+,37-,39+,40-,41+,42-,43+,44-,45+,46-,47?,48+,49-,50-,51-/m1/s1. The van der Waals surface area contributed by atoms with Gasteiger partial charge in [0.15, 0.2) is 25.0 Å². The first-order valence-corrected chi connectivity index (χ1v) is 26.2. The molecule has 1 aromatic heterocycles. The van der Waals surface area contributed by atoms with Crippen LogP contribution in [0.5, 0.6) is 0 Å². The van der Waals surface area contributed by atoms with E-state index in [1.54, 1.807) is 52.4 Å². The molecule has 4 aliphatic rings. The van der Waals surface area contributed by atoms with Gasteiger partial charge in [-0.2, -0.15) is 13.2 Å². The van der Waals surface area contributed by atoms with Gasteiger partial charge in [0.05, 0.1) is 65.2 Å². The maximum atomic E-state index is 13.1. The molecule has 22 heteroatoms. The summed E-state index contributed by atoms with van der Waals surface area (Å²) in [6.07, 6.45) is -12.8. The Morgan fingerprint density at radius 3 is 2.22 bits per heavy atom. The first-order chi connectivity index (χ1) is 34.5. The van der Waals surface area contributed by atoms with E-state index in [0.717, 1.165) is 12.1 Å². The predicted octanol–water partition coefficient (Wildman–Crippen LogP) is 4.11. The first kappa shape index (κ1) is 60.3. The normalized spacial score (nSPS) is 41.6. The third kappa shape index (κ3) is 14.0. The number of aliphatic hydroxyl groups excluding tert-OH is 4. The number of hydrogen-bond donors (Lipinski definition) is 6. The zero-order valence-corrected chi connectivity index (χ0v) is 45.4. The minimum atomic E-state index is -4.44. The Morgan fingerprint density at radius 2 is 1.58 bits per heavy atom. The summed E-state index contributed by atoms with van der Waals surface area (Å²) >= 11 is 0.